The summed E-state index contributed by atoms with van der Waals surface area (Å²) in [4.78, 5) is 0. The van der Waals surface area contributed by atoms with Crippen LogP contribution in [0, 0.1) is 5.92 Å². The van der Waals surface area contributed by atoms with E-state index in [1.54, 1.807) is 0 Å². The van der Waals surface area contributed by atoms with Gasteiger partial charge in [-0.3, -0.25) is 0 Å². The molecule has 0 bridgehead atoms. The molecule has 1 heterocycles. The van der Waals surface area contributed by atoms with Gasteiger partial charge in [0.2, 0.25) is 0 Å². The third-order valence-electron chi connectivity index (χ3n) is 3.26. The van der Waals surface area contributed by atoms with Crippen LogP contribution < -0.4 is 0 Å². The van der Waals surface area contributed by atoms with E-state index in [-0.39, 0.29) is 0 Å². The molecule has 1 spiro atoms. The summed E-state index contributed by atoms with van der Waals surface area (Å²) in [5, 5.41) is 0. The fraction of sp³-hybridized carbons (Fsp3) is 0.818. The first kappa shape index (κ1) is 8.31. The molecule has 0 aromatic rings. The smallest absolute Gasteiger partial charge is 0.0947 e. The Labute approximate surface area is 74.8 Å². The Hall–Kier alpha value is -0.300. The molecule has 1 nitrogen and oxygen atoms in total. The highest BCUT2D eigenvalue weighted by atomic mass is 16.6. The average molecular weight is 166 g/mol. The summed E-state index contributed by atoms with van der Waals surface area (Å²) in [6.07, 6.45) is 6.59. The van der Waals surface area contributed by atoms with Gasteiger partial charge in [0.05, 0.1) is 12.2 Å². The molecule has 2 atom stereocenters. The lowest BCUT2D eigenvalue weighted by Gasteiger charge is -2.28. The third-order valence-corrected chi connectivity index (χ3v) is 3.26. The molecule has 2 aliphatic rings. The zero-order valence-electron chi connectivity index (χ0n) is 7.94. The first-order valence-electron chi connectivity index (χ1n) is 5.01. The number of epoxide rings is 1. The molecule has 12 heavy (non-hydrogen) atoms. The molecule has 2 rings (SSSR count). The van der Waals surface area contributed by atoms with Crippen molar-refractivity contribution in [3.8, 4) is 0 Å². The summed E-state index contributed by atoms with van der Waals surface area (Å²) >= 11 is 0. The van der Waals surface area contributed by atoms with Crippen LogP contribution in [-0.2, 0) is 4.74 Å². The Morgan fingerprint density at radius 2 is 2.33 bits per heavy atom. The molecule has 68 valence electrons. The molecule has 0 aromatic carbocycles. The van der Waals surface area contributed by atoms with Gasteiger partial charge < -0.3 is 4.74 Å². The van der Waals surface area contributed by atoms with Crippen LogP contribution in [0.4, 0.5) is 0 Å². The number of hydrogen-bond acceptors (Lipinski definition) is 1. The van der Waals surface area contributed by atoms with E-state index in [0.29, 0.717) is 5.60 Å². The minimum atomic E-state index is 0.317. The molecule has 1 saturated heterocycles. The molecule has 0 radical (unpaired) electrons. The van der Waals surface area contributed by atoms with E-state index in [1.807, 2.05) is 0 Å². The second-order valence-corrected chi connectivity index (χ2v) is 4.46. The molecule has 1 saturated carbocycles. The van der Waals surface area contributed by atoms with Crippen LogP contribution in [0.3, 0.4) is 0 Å². The SMILES string of the molecule is C=C(C)C[C@@H]1CCCC[C@]12CO2. The Balaban J connectivity index is 1.97. The maximum atomic E-state index is 5.61. The van der Waals surface area contributed by atoms with Gasteiger partial charge in [-0.05, 0) is 32.1 Å². The Bertz CT molecular complexity index is 191. The first-order valence-corrected chi connectivity index (χ1v) is 5.01. The number of rotatable bonds is 2. The fourth-order valence-corrected chi connectivity index (χ4v) is 2.46. The van der Waals surface area contributed by atoms with Gasteiger partial charge in [-0.15, -0.1) is 6.58 Å². The lowest BCUT2D eigenvalue weighted by molar-refractivity contribution is 0.158. The molecule has 1 aliphatic carbocycles. The number of allylic oxidation sites excluding steroid dienone is 1. The quantitative estimate of drug-likeness (QED) is 0.454. The van der Waals surface area contributed by atoms with Crippen LogP contribution in [-0.4, -0.2) is 12.2 Å². The first-order chi connectivity index (χ1) is 5.73. The zero-order valence-corrected chi connectivity index (χ0v) is 7.94. The molecular weight excluding hydrogens is 148 g/mol. The van der Waals surface area contributed by atoms with Crippen LogP contribution in [0.1, 0.15) is 39.0 Å². The maximum Gasteiger partial charge on any atom is 0.0947 e. The summed E-state index contributed by atoms with van der Waals surface area (Å²) in [7, 11) is 0. The normalized spacial score (nSPS) is 39.9. The van der Waals surface area contributed by atoms with Crippen molar-refractivity contribution < 1.29 is 4.74 Å². The number of hydrogen-bond donors (Lipinski definition) is 0. The van der Waals surface area contributed by atoms with Crippen molar-refractivity contribution in [2.45, 2.75) is 44.6 Å². The van der Waals surface area contributed by atoms with Crippen molar-refractivity contribution in [2.24, 2.45) is 5.92 Å². The summed E-state index contributed by atoms with van der Waals surface area (Å²) in [5.41, 5.74) is 1.63. The summed E-state index contributed by atoms with van der Waals surface area (Å²) < 4.78 is 5.61. The molecule has 0 amide bonds. The van der Waals surface area contributed by atoms with Gasteiger partial charge in [-0.25, -0.2) is 0 Å². The van der Waals surface area contributed by atoms with Gasteiger partial charge in [0.15, 0.2) is 0 Å². The molecule has 2 fully saturated rings. The van der Waals surface area contributed by atoms with Gasteiger partial charge in [-0.2, -0.15) is 0 Å². The maximum absolute atomic E-state index is 5.61. The van der Waals surface area contributed by atoms with Gasteiger partial charge >= 0.3 is 0 Å². The second kappa shape index (κ2) is 2.88. The van der Waals surface area contributed by atoms with Crippen molar-refractivity contribution in [1.29, 1.82) is 0 Å². The summed E-state index contributed by atoms with van der Waals surface area (Å²) in [6, 6.07) is 0. The predicted molar refractivity (Wildman–Crippen MR) is 50.1 cm³/mol. The molecule has 0 N–H and O–H groups in total. The standard InChI is InChI=1S/C11H18O/c1-9(2)7-10-5-3-4-6-11(10)8-12-11/h10H,1,3-8H2,2H3/t10-,11-/m0/s1. The second-order valence-electron chi connectivity index (χ2n) is 4.46. The van der Waals surface area contributed by atoms with Gasteiger partial charge in [0.1, 0.15) is 0 Å². The van der Waals surface area contributed by atoms with Crippen LogP contribution in [0.25, 0.3) is 0 Å². The van der Waals surface area contributed by atoms with E-state index in [4.69, 9.17) is 4.74 Å². The molecule has 1 heteroatoms. The zero-order chi connectivity index (χ0) is 8.60. The Morgan fingerprint density at radius 1 is 1.58 bits per heavy atom. The number of ether oxygens (including phenoxy) is 1. The topological polar surface area (TPSA) is 12.5 Å². The molecule has 0 unspecified atom stereocenters. The largest absolute Gasteiger partial charge is 0.369 e. The van der Waals surface area contributed by atoms with E-state index in [9.17, 15) is 0 Å². The van der Waals surface area contributed by atoms with Gasteiger partial charge in [0, 0.05) is 0 Å². The molecule has 0 aromatic heterocycles. The third kappa shape index (κ3) is 1.42. The molecular formula is C11H18O. The minimum absolute atomic E-state index is 0.317. The highest BCUT2D eigenvalue weighted by Crippen LogP contribution is 2.48. The Kier molecular flexibility index (Phi) is 1.99. The minimum Gasteiger partial charge on any atom is -0.369 e. The molecule has 1 aliphatic heterocycles. The monoisotopic (exact) mass is 166 g/mol. The van der Waals surface area contributed by atoms with Gasteiger partial charge in [0.25, 0.3) is 0 Å². The highest BCUT2D eigenvalue weighted by Gasteiger charge is 2.51. The summed E-state index contributed by atoms with van der Waals surface area (Å²) in [6.45, 7) is 7.14. The van der Waals surface area contributed by atoms with Gasteiger partial charge in [-0.1, -0.05) is 18.4 Å². The van der Waals surface area contributed by atoms with Crippen molar-refractivity contribution in [2.75, 3.05) is 6.61 Å². The lowest BCUT2D eigenvalue weighted by atomic mass is 9.76. The van der Waals surface area contributed by atoms with Crippen molar-refractivity contribution >= 4 is 0 Å². The lowest BCUT2D eigenvalue weighted by Crippen LogP contribution is -2.28. The van der Waals surface area contributed by atoms with Crippen LogP contribution in [0.15, 0.2) is 12.2 Å². The van der Waals surface area contributed by atoms with E-state index in [1.165, 1.54) is 37.7 Å². The van der Waals surface area contributed by atoms with E-state index in [2.05, 4.69) is 13.5 Å². The average Bonchev–Trinajstić information content (AvgIpc) is 2.75. The van der Waals surface area contributed by atoms with Crippen LogP contribution in [0.2, 0.25) is 0 Å². The van der Waals surface area contributed by atoms with Crippen molar-refractivity contribution in [3.63, 3.8) is 0 Å². The van der Waals surface area contributed by atoms with Crippen LogP contribution in [0.5, 0.6) is 0 Å². The van der Waals surface area contributed by atoms with E-state index >= 15 is 0 Å². The van der Waals surface area contributed by atoms with Crippen LogP contribution >= 0.6 is 0 Å². The van der Waals surface area contributed by atoms with E-state index < -0.39 is 0 Å². The summed E-state index contributed by atoms with van der Waals surface area (Å²) in [5.74, 6) is 0.781. The fourth-order valence-electron chi connectivity index (χ4n) is 2.46. The highest BCUT2D eigenvalue weighted by molar-refractivity contribution is 5.05. The van der Waals surface area contributed by atoms with Crippen molar-refractivity contribution in [1.82, 2.24) is 0 Å². The van der Waals surface area contributed by atoms with Crippen molar-refractivity contribution in [3.05, 3.63) is 12.2 Å². The Morgan fingerprint density at radius 3 is 2.92 bits per heavy atom. The predicted octanol–water partition coefficient (Wildman–Crippen LogP) is 2.91. The van der Waals surface area contributed by atoms with E-state index in [0.717, 1.165) is 12.5 Å².